The van der Waals surface area contributed by atoms with E-state index in [1.54, 1.807) is 6.92 Å². The summed E-state index contributed by atoms with van der Waals surface area (Å²) in [7, 11) is 0. The highest BCUT2D eigenvalue weighted by atomic mass is 32.1. The number of thiocarbonyl (C=S) groups is 1. The lowest BCUT2D eigenvalue weighted by Crippen LogP contribution is -2.48. The molecule has 0 radical (unpaired) electrons. The summed E-state index contributed by atoms with van der Waals surface area (Å²) in [6, 6.07) is 9.86. The van der Waals surface area contributed by atoms with E-state index in [2.05, 4.69) is 35.8 Å². The van der Waals surface area contributed by atoms with E-state index >= 15 is 0 Å². The molecule has 0 amide bonds. The smallest absolute Gasteiger partial charge is 0.126 e. The molecular weight excluding hydrogens is 402 g/mol. The third kappa shape index (κ3) is 6.06. The third-order valence-corrected chi connectivity index (χ3v) is 5.86. The van der Waals surface area contributed by atoms with Crippen molar-refractivity contribution in [1.82, 2.24) is 10.6 Å². The molecule has 0 heterocycles. The average molecular weight is 433 g/mol. The molecule has 0 unspecified atom stereocenters. The van der Waals surface area contributed by atoms with Crippen molar-refractivity contribution < 1.29 is 13.9 Å². The Bertz CT molecular complexity index is 869. The monoisotopic (exact) mass is 432 g/mol. The van der Waals surface area contributed by atoms with Crippen LogP contribution in [0.4, 0.5) is 8.78 Å². The van der Waals surface area contributed by atoms with Crippen molar-refractivity contribution in [2.75, 3.05) is 6.54 Å². The minimum absolute atomic E-state index is 0.191. The molecule has 6 heteroatoms. The molecule has 0 spiro atoms. The van der Waals surface area contributed by atoms with Gasteiger partial charge in [-0.15, -0.1) is 0 Å². The van der Waals surface area contributed by atoms with Crippen LogP contribution < -0.4 is 10.6 Å². The van der Waals surface area contributed by atoms with Crippen molar-refractivity contribution in [1.29, 1.82) is 0 Å². The minimum Gasteiger partial charge on any atom is -0.390 e. The molecular formula is C24H30F2N2OS. The summed E-state index contributed by atoms with van der Waals surface area (Å²) in [5, 5.41) is 17.5. The molecule has 0 saturated heterocycles. The van der Waals surface area contributed by atoms with Gasteiger partial charge in [-0.2, -0.15) is 0 Å². The van der Waals surface area contributed by atoms with Crippen LogP contribution in [0.1, 0.15) is 55.0 Å². The molecule has 3 nitrogen and oxygen atoms in total. The van der Waals surface area contributed by atoms with Crippen molar-refractivity contribution in [3.63, 3.8) is 0 Å². The summed E-state index contributed by atoms with van der Waals surface area (Å²) in [6.07, 6.45) is 3.70. The van der Waals surface area contributed by atoms with Gasteiger partial charge in [0.2, 0.25) is 0 Å². The van der Waals surface area contributed by atoms with Gasteiger partial charge in [-0.05, 0) is 73.4 Å². The van der Waals surface area contributed by atoms with Gasteiger partial charge in [0, 0.05) is 18.7 Å². The lowest BCUT2D eigenvalue weighted by atomic mass is 9.86. The van der Waals surface area contributed by atoms with E-state index in [0.717, 1.165) is 31.7 Å². The Labute approximate surface area is 182 Å². The van der Waals surface area contributed by atoms with Crippen LogP contribution in [0.25, 0.3) is 0 Å². The van der Waals surface area contributed by atoms with Crippen LogP contribution in [0.3, 0.4) is 0 Å². The Kier molecular flexibility index (Phi) is 7.92. The zero-order chi connectivity index (χ0) is 21.7. The number of hydrogen-bond acceptors (Lipinski definition) is 3. The first-order valence-electron chi connectivity index (χ1n) is 10.6. The zero-order valence-electron chi connectivity index (χ0n) is 17.6. The number of nitrogens with one attached hydrogen (secondary N) is 2. The molecule has 0 saturated carbocycles. The summed E-state index contributed by atoms with van der Waals surface area (Å²) in [4.78, 5) is 0.534. The Morgan fingerprint density at radius 3 is 2.57 bits per heavy atom. The highest BCUT2D eigenvalue weighted by Gasteiger charge is 2.24. The molecule has 2 aromatic carbocycles. The maximum atomic E-state index is 13.6. The van der Waals surface area contributed by atoms with Gasteiger partial charge in [0.15, 0.2) is 0 Å². The van der Waals surface area contributed by atoms with Crippen molar-refractivity contribution in [2.24, 2.45) is 0 Å². The highest BCUT2D eigenvalue weighted by Crippen LogP contribution is 2.30. The molecule has 1 aliphatic carbocycles. The number of aliphatic hydroxyl groups is 1. The SMILES string of the molecule is CCc1ccc2c(c1)[C@@H](NC[C@H](O)[C@H](Cc1cc(F)cc(F)c1)NC(C)=S)CCC2. The highest BCUT2D eigenvalue weighted by molar-refractivity contribution is 7.80. The van der Waals surface area contributed by atoms with Crippen LogP contribution in [0, 0.1) is 11.6 Å². The summed E-state index contributed by atoms with van der Waals surface area (Å²) >= 11 is 5.16. The van der Waals surface area contributed by atoms with Gasteiger partial charge in [-0.3, -0.25) is 0 Å². The summed E-state index contributed by atoms with van der Waals surface area (Å²) in [6.45, 7) is 4.24. The molecule has 30 heavy (non-hydrogen) atoms. The molecule has 3 N–H and O–H groups in total. The number of fused-ring (bicyclic) bond motifs is 1. The average Bonchev–Trinajstić information content (AvgIpc) is 2.70. The standard InChI is InChI=1S/C24H30F2N2OS/c1-3-16-7-8-18-5-4-6-22(21(18)11-16)27-14-24(29)23(28-15(2)30)12-17-9-19(25)13-20(26)10-17/h7-11,13,22-24,27,29H,3-6,12,14H2,1-2H3,(H,28,30)/t22-,23-,24-/m0/s1. The predicted octanol–water partition coefficient (Wildman–Crippen LogP) is 4.40. The Balaban J connectivity index is 1.69. The molecule has 3 atom stereocenters. The van der Waals surface area contributed by atoms with E-state index in [4.69, 9.17) is 12.2 Å². The normalized spacial score (nSPS) is 17.8. The predicted molar refractivity (Wildman–Crippen MR) is 121 cm³/mol. The lowest BCUT2D eigenvalue weighted by molar-refractivity contribution is 0.129. The topological polar surface area (TPSA) is 44.3 Å². The molecule has 0 bridgehead atoms. The first-order chi connectivity index (χ1) is 14.4. The van der Waals surface area contributed by atoms with Gasteiger partial charge in [0.05, 0.1) is 17.1 Å². The van der Waals surface area contributed by atoms with Gasteiger partial charge in [-0.25, -0.2) is 8.78 Å². The fourth-order valence-corrected chi connectivity index (χ4v) is 4.36. The van der Waals surface area contributed by atoms with Crippen molar-refractivity contribution in [2.45, 2.75) is 64.1 Å². The second-order valence-electron chi connectivity index (χ2n) is 8.10. The van der Waals surface area contributed by atoms with Crippen LogP contribution in [0.2, 0.25) is 0 Å². The zero-order valence-corrected chi connectivity index (χ0v) is 18.4. The maximum absolute atomic E-state index is 13.6. The molecule has 2 aromatic rings. The van der Waals surface area contributed by atoms with Crippen molar-refractivity contribution in [3.05, 3.63) is 70.3 Å². The Hall–Kier alpha value is -1.89. The number of rotatable bonds is 8. The van der Waals surface area contributed by atoms with Crippen molar-refractivity contribution >= 4 is 17.2 Å². The largest absolute Gasteiger partial charge is 0.390 e. The van der Waals surface area contributed by atoms with Gasteiger partial charge >= 0.3 is 0 Å². The van der Waals surface area contributed by atoms with E-state index in [1.807, 2.05) is 0 Å². The fourth-order valence-electron chi connectivity index (χ4n) is 4.21. The van der Waals surface area contributed by atoms with Gasteiger partial charge < -0.3 is 15.7 Å². The molecule has 0 aromatic heterocycles. The Morgan fingerprint density at radius 1 is 1.17 bits per heavy atom. The van der Waals surface area contributed by atoms with E-state index in [1.165, 1.54) is 28.8 Å². The first-order valence-corrected chi connectivity index (χ1v) is 11.0. The lowest BCUT2D eigenvalue weighted by Gasteiger charge is -2.30. The number of halogens is 2. The third-order valence-electron chi connectivity index (χ3n) is 5.74. The van der Waals surface area contributed by atoms with Crippen molar-refractivity contribution in [3.8, 4) is 0 Å². The number of benzene rings is 2. The number of hydrogen-bond donors (Lipinski definition) is 3. The quantitative estimate of drug-likeness (QED) is 0.541. The fraction of sp³-hybridized carbons (Fsp3) is 0.458. The number of aliphatic hydroxyl groups excluding tert-OH is 1. The van der Waals surface area contributed by atoms with Crippen LogP contribution in [0.5, 0.6) is 0 Å². The maximum Gasteiger partial charge on any atom is 0.126 e. The molecule has 0 fully saturated rings. The first kappa shape index (κ1) is 22.8. The summed E-state index contributed by atoms with van der Waals surface area (Å²) < 4.78 is 27.1. The molecule has 0 aliphatic heterocycles. The number of aryl methyl sites for hydroxylation is 2. The minimum atomic E-state index is -0.769. The van der Waals surface area contributed by atoms with E-state index in [9.17, 15) is 13.9 Å². The molecule has 3 rings (SSSR count). The molecule has 1 aliphatic rings. The van der Waals surface area contributed by atoms with Crippen LogP contribution in [-0.2, 0) is 19.3 Å². The van der Waals surface area contributed by atoms with Crippen LogP contribution >= 0.6 is 12.2 Å². The van der Waals surface area contributed by atoms with Gasteiger partial charge in [0.25, 0.3) is 0 Å². The van der Waals surface area contributed by atoms with Gasteiger partial charge in [0.1, 0.15) is 11.6 Å². The van der Waals surface area contributed by atoms with E-state index < -0.39 is 23.8 Å². The second-order valence-corrected chi connectivity index (χ2v) is 8.71. The van der Waals surface area contributed by atoms with E-state index in [-0.39, 0.29) is 12.5 Å². The van der Waals surface area contributed by atoms with E-state index in [0.29, 0.717) is 17.1 Å². The van der Waals surface area contributed by atoms with Gasteiger partial charge in [-0.1, -0.05) is 37.3 Å². The summed E-state index contributed by atoms with van der Waals surface area (Å²) in [5.41, 5.74) is 4.48. The van der Waals surface area contributed by atoms with Crippen LogP contribution in [-0.4, -0.2) is 28.8 Å². The Morgan fingerprint density at radius 2 is 1.90 bits per heavy atom. The van der Waals surface area contributed by atoms with Crippen LogP contribution in [0.15, 0.2) is 36.4 Å². The summed E-state index contributed by atoms with van der Waals surface area (Å²) in [5.74, 6) is -1.25. The second kappa shape index (κ2) is 10.4. The molecule has 162 valence electrons.